The lowest BCUT2D eigenvalue weighted by atomic mass is 10.1. The normalized spacial score (nSPS) is 17.7. The summed E-state index contributed by atoms with van der Waals surface area (Å²) in [6.45, 7) is 2.32. The summed E-state index contributed by atoms with van der Waals surface area (Å²) < 4.78 is 11.3. The van der Waals surface area contributed by atoms with Gasteiger partial charge in [0.05, 0.1) is 18.2 Å². The number of carboxylic acid groups (broad SMARTS) is 1. The monoisotopic (exact) mass is 301 g/mol. The van der Waals surface area contributed by atoms with Gasteiger partial charge in [0.2, 0.25) is 0 Å². The minimum Gasteiger partial charge on any atom is -0.478 e. The number of aromatic carboxylic acids is 1. The van der Waals surface area contributed by atoms with Gasteiger partial charge in [0.15, 0.2) is 0 Å². The maximum atomic E-state index is 11.0. The summed E-state index contributed by atoms with van der Waals surface area (Å²) in [5.74, 6) is 0.567. The van der Waals surface area contributed by atoms with E-state index in [1.165, 1.54) is 0 Å². The Kier molecular flexibility index (Phi) is 4.56. The van der Waals surface area contributed by atoms with E-state index in [4.69, 9.17) is 14.3 Å². The fraction of sp³-hybridized carbons (Fsp3) is 0.353. The van der Waals surface area contributed by atoms with Crippen molar-refractivity contribution >= 4 is 5.97 Å². The van der Waals surface area contributed by atoms with Crippen molar-refractivity contribution in [3.8, 4) is 11.3 Å². The Morgan fingerprint density at radius 3 is 3.00 bits per heavy atom. The first kappa shape index (κ1) is 14.8. The van der Waals surface area contributed by atoms with Crippen LogP contribution in [-0.4, -0.2) is 30.3 Å². The Labute approximate surface area is 128 Å². The summed E-state index contributed by atoms with van der Waals surface area (Å²) in [6, 6.07) is 10.5. The van der Waals surface area contributed by atoms with Crippen LogP contribution in [0.5, 0.6) is 0 Å². The SMILES string of the molecule is O=C(O)c1cccc(-c2ccc(CNC[C@@H]3CCCO3)o2)c1. The van der Waals surface area contributed by atoms with E-state index in [-0.39, 0.29) is 5.56 Å². The highest BCUT2D eigenvalue weighted by atomic mass is 16.5. The highest BCUT2D eigenvalue weighted by Gasteiger charge is 2.15. The number of nitrogens with one attached hydrogen (secondary N) is 1. The summed E-state index contributed by atoms with van der Waals surface area (Å²) in [6.07, 6.45) is 2.55. The average molecular weight is 301 g/mol. The number of hydrogen-bond donors (Lipinski definition) is 2. The summed E-state index contributed by atoms with van der Waals surface area (Å²) in [5, 5.41) is 12.4. The van der Waals surface area contributed by atoms with Crippen molar-refractivity contribution < 1.29 is 19.1 Å². The second-order valence-electron chi connectivity index (χ2n) is 5.42. The largest absolute Gasteiger partial charge is 0.478 e. The van der Waals surface area contributed by atoms with Gasteiger partial charge in [0, 0.05) is 18.7 Å². The quantitative estimate of drug-likeness (QED) is 0.858. The van der Waals surface area contributed by atoms with Crippen molar-refractivity contribution in [2.24, 2.45) is 0 Å². The molecular weight excluding hydrogens is 282 g/mol. The maximum Gasteiger partial charge on any atom is 0.335 e. The Bertz CT molecular complexity index is 644. The molecule has 1 aliphatic heterocycles. The van der Waals surface area contributed by atoms with Crippen LogP contribution in [0.25, 0.3) is 11.3 Å². The first-order valence-corrected chi connectivity index (χ1v) is 7.47. The highest BCUT2D eigenvalue weighted by molar-refractivity contribution is 5.89. The molecule has 0 unspecified atom stereocenters. The molecule has 0 spiro atoms. The molecule has 1 aliphatic rings. The van der Waals surface area contributed by atoms with Crippen LogP contribution >= 0.6 is 0 Å². The van der Waals surface area contributed by atoms with E-state index in [9.17, 15) is 4.79 Å². The fourth-order valence-corrected chi connectivity index (χ4v) is 2.60. The smallest absolute Gasteiger partial charge is 0.335 e. The molecule has 0 saturated carbocycles. The predicted molar refractivity (Wildman–Crippen MR) is 81.8 cm³/mol. The molecule has 2 heterocycles. The molecular formula is C17H19NO4. The summed E-state index contributed by atoms with van der Waals surface area (Å²) >= 11 is 0. The number of carbonyl (C=O) groups is 1. The summed E-state index contributed by atoms with van der Waals surface area (Å²) in [5.41, 5.74) is 1.03. The molecule has 1 aromatic heterocycles. The molecule has 0 radical (unpaired) electrons. The topological polar surface area (TPSA) is 71.7 Å². The number of furan rings is 1. The van der Waals surface area contributed by atoms with Crippen LogP contribution in [0.1, 0.15) is 29.0 Å². The molecule has 1 saturated heterocycles. The van der Waals surface area contributed by atoms with Crippen LogP contribution in [0, 0.1) is 0 Å². The van der Waals surface area contributed by atoms with Crippen molar-refractivity contribution in [3.63, 3.8) is 0 Å². The maximum absolute atomic E-state index is 11.0. The third kappa shape index (κ3) is 3.55. The van der Waals surface area contributed by atoms with Crippen molar-refractivity contribution in [3.05, 3.63) is 47.7 Å². The van der Waals surface area contributed by atoms with E-state index >= 15 is 0 Å². The molecule has 1 aromatic carbocycles. The van der Waals surface area contributed by atoms with Crippen molar-refractivity contribution in [1.29, 1.82) is 0 Å². The van der Waals surface area contributed by atoms with Crippen molar-refractivity contribution in [2.75, 3.05) is 13.2 Å². The van der Waals surface area contributed by atoms with Gasteiger partial charge in [-0.15, -0.1) is 0 Å². The molecule has 0 amide bonds. The van der Waals surface area contributed by atoms with Crippen LogP contribution < -0.4 is 5.32 Å². The second-order valence-corrected chi connectivity index (χ2v) is 5.42. The van der Waals surface area contributed by atoms with Gasteiger partial charge in [0.25, 0.3) is 0 Å². The van der Waals surface area contributed by atoms with E-state index in [0.29, 0.717) is 18.4 Å². The van der Waals surface area contributed by atoms with Gasteiger partial charge in [-0.3, -0.25) is 0 Å². The number of hydrogen-bond acceptors (Lipinski definition) is 4. The molecule has 2 aromatic rings. The minimum absolute atomic E-state index is 0.256. The molecule has 5 heteroatoms. The first-order chi connectivity index (χ1) is 10.7. The van der Waals surface area contributed by atoms with Gasteiger partial charge in [0.1, 0.15) is 11.5 Å². The Hall–Kier alpha value is -2.11. The Balaban J connectivity index is 1.60. The Morgan fingerprint density at radius 1 is 1.32 bits per heavy atom. The minimum atomic E-state index is -0.938. The van der Waals surface area contributed by atoms with Gasteiger partial charge < -0.3 is 19.6 Å². The third-order valence-corrected chi connectivity index (χ3v) is 3.75. The molecule has 0 aliphatic carbocycles. The van der Waals surface area contributed by atoms with E-state index in [2.05, 4.69) is 5.32 Å². The van der Waals surface area contributed by atoms with Gasteiger partial charge in [-0.25, -0.2) is 4.79 Å². The summed E-state index contributed by atoms with van der Waals surface area (Å²) in [7, 11) is 0. The predicted octanol–water partition coefficient (Wildman–Crippen LogP) is 2.91. The first-order valence-electron chi connectivity index (χ1n) is 7.47. The highest BCUT2D eigenvalue weighted by Crippen LogP contribution is 2.23. The number of ether oxygens (including phenoxy) is 1. The van der Waals surface area contributed by atoms with E-state index in [1.807, 2.05) is 18.2 Å². The molecule has 2 N–H and O–H groups in total. The molecule has 0 bridgehead atoms. The zero-order chi connectivity index (χ0) is 15.4. The van der Waals surface area contributed by atoms with Gasteiger partial charge in [-0.1, -0.05) is 12.1 Å². The number of benzene rings is 1. The van der Waals surface area contributed by atoms with Crippen LogP contribution in [0.3, 0.4) is 0 Å². The third-order valence-electron chi connectivity index (χ3n) is 3.75. The van der Waals surface area contributed by atoms with E-state index in [1.54, 1.807) is 18.2 Å². The zero-order valence-corrected chi connectivity index (χ0v) is 12.2. The van der Waals surface area contributed by atoms with Crippen molar-refractivity contribution in [2.45, 2.75) is 25.5 Å². The van der Waals surface area contributed by atoms with Crippen LogP contribution in [-0.2, 0) is 11.3 Å². The lowest BCUT2D eigenvalue weighted by Gasteiger charge is -2.09. The van der Waals surface area contributed by atoms with Crippen molar-refractivity contribution in [1.82, 2.24) is 5.32 Å². The zero-order valence-electron chi connectivity index (χ0n) is 12.2. The lowest BCUT2D eigenvalue weighted by Crippen LogP contribution is -2.25. The molecule has 116 valence electrons. The average Bonchev–Trinajstić information content (AvgIpc) is 3.19. The lowest BCUT2D eigenvalue weighted by molar-refractivity contribution is 0.0697. The Morgan fingerprint density at radius 2 is 2.23 bits per heavy atom. The van der Waals surface area contributed by atoms with Crippen LogP contribution in [0.15, 0.2) is 40.8 Å². The van der Waals surface area contributed by atoms with Gasteiger partial charge in [-0.2, -0.15) is 0 Å². The van der Waals surface area contributed by atoms with Crippen LogP contribution in [0.4, 0.5) is 0 Å². The van der Waals surface area contributed by atoms with E-state index < -0.39 is 5.97 Å². The standard InChI is InChI=1S/C17H19NO4/c19-17(20)13-4-1-3-12(9-13)16-7-6-15(22-16)11-18-10-14-5-2-8-21-14/h1,3-4,6-7,9,14,18H,2,5,8,10-11H2,(H,19,20)/t14-/m0/s1. The number of carboxylic acids is 1. The molecule has 3 rings (SSSR count). The fourth-order valence-electron chi connectivity index (χ4n) is 2.60. The van der Waals surface area contributed by atoms with E-state index in [0.717, 1.165) is 37.3 Å². The molecule has 1 atom stereocenters. The molecule has 22 heavy (non-hydrogen) atoms. The molecule has 5 nitrogen and oxygen atoms in total. The van der Waals surface area contributed by atoms with Gasteiger partial charge >= 0.3 is 5.97 Å². The van der Waals surface area contributed by atoms with Gasteiger partial charge in [-0.05, 0) is 37.1 Å². The summed E-state index contributed by atoms with van der Waals surface area (Å²) in [4.78, 5) is 11.0. The second kappa shape index (κ2) is 6.77. The van der Waals surface area contributed by atoms with Crippen LogP contribution in [0.2, 0.25) is 0 Å². The number of rotatable bonds is 6. The molecule has 1 fully saturated rings.